The van der Waals surface area contributed by atoms with Crippen molar-refractivity contribution in [2.45, 2.75) is 25.4 Å². The van der Waals surface area contributed by atoms with E-state index in [-0.39, 0.29) is 18.4 Å². The first-order valence-corrected chi connectivity index (χ1v) is 6.83. The van der Waals surface area contributed by atoms with Crippen LogP contribution in [0.1, 0.15) is 30.9 Å². The van der Waals surface area contributed by atoms with Crippen LogP contribution in [0.3, 0.4) is 0 Å². The van der Waals surface area contributed by atoms with Crippen LogP contribution in [0, 0.1) is 5.92 Å². The van der Waals surface area contributed by atoms with Crippen molar-refractivity contribution in [2.24, 2.45) is 5.92 Å². The maximum absolute atomic E-state index is 11.7. The predicted octanol–water partition coefficient (Wildman–Crippen LogP) is 1.65. The van der Waals surface area contributed by atoms with Crippen molar-refractivity contribution in [1.82, 2.24) is 5.32 Å². The summed E-state index contributed by atoms with van der Waals surface area (Å²) in [6, 6.07) is 5.23. The summed E-state index contributed by atoms with van der Waals surface area (Å²) in [5.74, 6) is 1.35. The zero-order valence-electron chi connectivity index (χ0n) is 11.9. The molecule has 0 aromatic heterocycles. The Balaban J connectivity index is 1.94. The fraction of sp³-hybridized carbons (Fsp3) is 0.533. The van der Waals surface area contributed by atoms with Gasteiger partial charge in [0.2, 0.25) is 5.91 Å². The third-order valence-electron chi connectivity index (χ3n) is 3.74. The van der Waals surface area contributed by atoms with Gasteiger partial charge < -0.3 is 19.9 Å². The summed E-state index contributed by atoms with van der Waals surface area (Å²) in [6.07, 6.45) is 2.28. The SMILES string of the molecule is COc1ccc([C@@H](O)CNC(=O)C2CCC2)cc1OC. The van der Waals surface area contributed by atoms with Crippen molar-refractivity contribution in [2.75, 3.05) is 20.8 Å². The molecule has 0 radical (unpaired) electrons. The number of carbonyl (C=O) groups excluding carboxylic acids is 1. The van der Waals surface area contributed by atoms with Crippen LogP contribution in [0.25, 0.3) is 0 Å². The van der Waals surface area contributed by atoms with Crippen molar-refractivity contribution in [3.05, 3.63) is 23.8 Å². The highest BCUT2D eigenvalue weighted by Gasteiger charge is 2.25. The standard InChI is InChI=1S/C15H21NO4/c1-19-13-7-6-11(8-14(13)20-2)12(17)9-16-15(18)10-4-3-5-10/h6-8,10,12,17H,3-5,9H2,1-2H3,(H,16,18)/t12-/m0/s1. The van der Waals surface area contributed by atoms with Gasteiger partial charge in [0.1, 0.15) is 0 Å². The van der Waals surface area contributed by atoms with Crippen LogP contribution in [0.4, 0.5) is 0 Å². The van der Waals surface area contributed by atoms with Gasteiger partial charge in [0, 0.05) is 12.5 Å². The van der Waals surface area contributed by atoms with Crippen LogP contribution in [0.15, 0.2) is 18.2 Å². The van der Waals surface area contributed by atoms with Gasteiger partial charge in [-0.15, -0.1) is 0 Å². The van der Waals surface area contributed by atoms with Gasteiger partial charge in [-0.3, -0.25) is 4.79 Å². The summed E-state index contributed by atoms with van der Waals surface area (Å²) < 4.78 is 10.3. The number of hydrogen-bond acceptors (Lipinski definition) is 4. The van der Waals surface area contributed by atoms with E-state index in [0.29, 0.717) is 17.1 Å². The molecular formula is C15H21NO4. The minimum Gasteiger partial charge on any atom is -0.493 e. The van der Waals surface area contributed by atoms with E-state index < -0.39 is 6.10 Å². The Hall–Kier alpha value is -1.75. The molecule has 0 unspecified atom stereocenters. The Labute approximate surface area is 118 Å². The van der Waals surface area contributed by atoms with E-state index in [2.05, 4.69) is 5.32 Å². The number of aliphatic hydroxyl groups is 1. The summed E-state index contributed by atoms with van der Waals surface area (Å²) in [4.78, 5) is 11.7. The molecule has 1 aromatic carbocycles. The van der Waals surface area contributed by atoms with Crippen LogP contribution < -0.4 is 14.8 Å². The molecular weight excluding hydrogens is 258 g/mol. The number of nitrogens with one attached hydrogen (secondary N) is 1. The van der Waals surface area contributed by atoms with Gasteiger partial charge in [-0.25, -0.2) is 0 Å². The molecule has 1 aromatic rings. The van der Waals surface area contributed by atoms with Crippen LogP contribution in [0.2, 0.25) is 0 Å². The van der Waals surface area contributed by atoms with Crippen molar-refractivity contribution in [1.29, 1.82) is 0 Å². The molecule has 0 aliphatic heterocycles. The molecule has 20 heavy (non-hydrogen) atoms. The molecule has 2 N–H and O–H groups in total. The number of hydrogen-bond donors (Lipinski definition) is 2. The Kier molecular flexibility index (Phi) is 4.84. The Morgan fingerprint density at radius 3 is 2.60 bits per heavy atom. The number of methoxy groups -OCH3 is 2. The molecule has 1 saturated carbocycles. The smallest absolute Gasteiger partial charge is 0.223 e. The summed E-state index contributed by atoms with van der Waals surface area (Å²) >= 11 is 0. The summed E-state index contributed by atoms with van der Waals surface area (Å²) in [5.41, 5.74) is 0.691. The van der Waals surface area contributed by atoms with E-state index in [1.54, 1.807) is 32.4 Å². The number of carbonyl (C=O) groups is 1. The number of ether oxygens (including phenoxy) is 2. The van der Waals surface area contributed by atoms with Gasteiger partial charge in [0.15, 0.2) is 11.5 Å². The molecule has 0 saturated heterocycles. The van der Waals surface area contributed by atoms with Crippen LogP contribution in [-0.2, 0) is 4.79 Å². The molecule has 5 heteroatoms. The first-order valence-electron chi connectivity index (χ1n) is 6.83. The Bertz CT molecular complexity index is 471. The zero-order chi connectivity index (χ0) is 14.5. The Morgan fingerprint density at radius 2 is 2.05 bits per heavy atom. The summed E-state index contributed by atoms with van der Waals surface area (Å²) in [7, 11) is 3.11. The van der Waals surface area contributed by atoms with Gasteiger partial charge in [0.05, 0.1) is 20.3 Å². The minimum atomic E-state index is -0.751. The van der Waals surface area contributed by atoms with Crippen LogP contribution in [-0.4, -0.2) is 31.8 Å². The highest BCUT2D eigenvalue weighted by Crippen LogP contribution is 2.30. The normalized spacial score (nSPS) is 16.1. The molecule has 0 spiro atoms. The maximum atomic E-state index is 11.7. The van der Waals surface area contributed by atoms with E-state index in [1.165, 1.54) is 0 Å². The second kappa shape index (κ2) is 6.61. The van der Waals surface area contributed by atoms with E-state index in [1.807, 2.05) is 0 Å². The maximum Gasteiger partial charge on any atom is 0.223 e. The lowest BCUT2D eigenvalue weighted by Gasteiger charge is -2.24. The molecule has 2 rings (SSSR count). The number of benzene rings is 1. The van der Waals surface area contributed by atoms with Gasteiger partial charge in [-0.2, -0.15) is 0 Å². The largest absolute Gasteiger partial charge is 0.493 e. The van der Waals surface area contributed by atoms with Gasteiger partial charge in [-0.1, -0.05) is 12.5 Å². The highest BCUT2D eigenvalue weighted by atomic mass is 16.5. The molecule has 0 heterocycles. The van der Waals surface area contributed by atoms with Gasteiger partial charge in [-0.05, 0) is 30.5 Å². The fourth-order valence-corrected chi connectivity index (χ4v) is 2.19. The lowest BCUT2D eigenvalue weighted by atomic mass is 9.85. The van der Waals surface area contributed by atoms with Crippen molar-refractivity contribution < 1.29 is 19.4 Å². The predicted molar refractivity (Wildman–Crippen MR) is 74.9 cm³/mol. The molecule has 1 atom stereocenters. The summed E-state index contributed by atoms with van der Waals surface area (Å²) in [5, 5.41) is 12.9. The highest BCUT2D eigenvalue weighted by molar-refractivity contribution is 5.79. The topological polar surface area (TPSA) is 67.8 Å². The first-order chi connectivity index (χ1) is 9.65. The molecule has 0 bridgehead atoms. The average Bonchev–Trinajstić information content (AvgIpc) is 2.42. The quantitative estimate of drug-likeness (QED) is 0.831. The number of rotatable bonds is 6. The van der Waals surface area contributed by atoms with E-state index >= 15 is 0 Å². The zero-order valence-corrected chi connectivity index (χ0v) is 11.9. The van der Waals surface area contributed by atoms with Crippen LogP contribution >= 0.6 is 0 Å². The molecule has 1 aliphatic carbocycles. The van der Waals surface area contributed by atoms with E-state index in [0.717, 1.165) is 19.3 Å². The second-order valence-electron chi connectivity index (χ2n) is 5.00. The monoisotopic (exact) mass is 279 g/mol. The molecule has 5 nitrogen and oxygen atoms in total. The molecule has 1 aliphatic rings. The summed E-state index contributed by atoms with van der Waals surface area (Å²) in [6.45, 7) is 0.213. The third kappa shape index (κ3) is 3.22. The molecule has 1 fully saturated rings. The second-order valence-corrected chi connectivity index (χ2v) is 5.00. The number of aliphatic hydroxyl groups excluding tert-OH is 1. The molecule has 1 amide bonds. The van der Waals surface area contributed by atoms with Crippen molar-refractivity contribution >= 4 is 5.91 Å². The molecule has 110 valence electrons. The van der Waals surface area contributed by atoms with Crippen molar-refractivity contribution in [3.8, 4) is 11.5 Å². The third-order valence-corrected chi connectivity index (χ3v) is 3.74. The minimum absolute atomic E-state index is 0.0378. The fourth-order valence-electron chi connectivity index (χ4n) is 2.19. The van der Waals surface area contributed by atoms with E-state index in [4.69, 9.17) is 9.47 Å². The van der Waals surface area contributed by atoms with Crippen molar-refractivity contribution in [3.63, 3.8) is 0 Å². The van der Waals surface area contributed by atoms with Crippen LogP contribution in [0.5, 0.6) is 11.5 Å². The number of amides is 1. The van der Waals surface area contributed by atoms with Gasteiger partial charge in [0.25, 0.3) is 0 Å². The van der Waals surface area contributed by atoms with Gasteiger partial charge >= 0.3 is 0 Å². The lowest BCUT2D eigenvalue weighted by Crippen LogP contribution is -2.36. The Morgan fingerprint density at radius 1 is 1.35 bits per heavy atom. The first kappa shape index (κ1) is 14.7. The lowest BCUT2D eigenvalue weighted by molar-refractivity contribution is -0.127. The average molecular weight is 279 g/mol. The van der Waals surface area contributed by atoms with E-state index in [9.17, 15) is 9.90 Å².